The average Bonchev–Trinajstić information content (AvgIpc) is 3.29. The van der Waals surface area contributed by atoms with Crippen LogP contribution in [0.2, 0.25) is 0 Å². The van der Waals surface area contributed by atoms with E-state index in [4.69, 9.17) is 23.7 Å². The number of nitrogens with zero attached hydrogens (tertiary/aromatic N) is 1. The minimum absolute atomic E-state index is 0.189. The van der Waals surface area contributed by atoms with Gasteiger partial charge in [-0.05, 0) is 23.8 Å². The average molecular weight is 532 g/mol. The molecule has 2 aliphatic rings. The van der Waals surface area contributed by atoms with Crippen molar-refractivity contribution in [3.05, 3.63) is 75.3 Å². The standard InChI is InChI=1S/C24H22BrNO8/c1-30-20(27)18-19(21(28)31-2)24(32-3,33-4)34-23(18)16-12-15(25)10-11-17(16)26(22(23)29)13-14-8-6-5-7-9-14/h5-12H,13H2,1-4H3. The van der Waals surface area contributed by atoms with Crippen molar-refractivity contribution in [2.45, 2.75) is 18.1 Å². The monoisotopic (exact) mass is 531 g/mol. The highest BCUT2D eigenvalue weighted by Gasteiger charge is 2.70. The maximum Gasteiger partial charge on any atom is 0.342 e. The summed E-state index contributed by atoms with van der Waals surface area (Å²) in [7, 11) is 4.72. The zero-order valence-corrected chi connectivity index (χ0v) is 20.5. The van der Waals surface area contributed by atoms with Gasteiger partial charge in [0.15, 0.2) is 0 Å². The first-order valence-electron chi connectivity index (χ1n) is 10.2. The van der Waals surface area contributed by atoms with E-state index in [0.717, 1.165) is 19.8 Å². The SMILES string of the molecule is COC(=O)C1=C(C(=O)OC)C2(OC1(OC)OC)C(=O)N(Cc1ccccc1)c1ccc(Br)cc12. The van der Waals surface area contributed by atoms with E-state index in [9.17, 15) is 14.4 Å². The predicted molar refractivity (Wildman–Crippen MR) is 122 cm³/mol. The molecule has 0 bridgehead atoms. The quantitative estimate of drug-likeness (QED) is 0.414. The Labute approximate surface area is 204 Å². The van der Waals surface area contributed by atoms with Crippen molar-refractivity contribution in [3.8, 4) is 0 Å². The van der Waals surface area contributed by atoms with Crippen LogP contribution in [-0.4, -0.2) is 52.3 Å². The minimum Gasteiger partial charge on any atom is -0.466 e. The fourth-order valence-corrected chi connectivity index (χ4v) is 4.75. The van der Waals surface area contributed by atoms with Crippen molar-refractivity contribution in [1.82, 2.24) is 0 Å². The van der Waals surface area contributed by atoms with E-state index in [1.165, 1.54) is 19.1 Å². The summed E-state index contributed by atoms with van der Waals surface area (Å²) in [6, 6.07) is 14.5. The molecule has 178 valence electrons. The fraction of sp³-hybridized carbons (Fsp3) is 0.292. The van der Waals surface area contributed by atoms with Gasteiger partial charge in [0.25, 0.3) is 5.91 Å². The molecule has 2 aromatic rings. The maximum atomic E-state index is 14.2. The molecule has 1 spiro atoms. The van der Waals surface area contributed by atoms with Gasteiger partial charge in [0, 0.05) is 24.3 Å². The van der Waals surface area contributed by atoms with Gasteiger partial charge in [-0.3, -0.25) is 9.53 Å². The molecule has 1 amide bonds. The third kappa shape index (κ3) is 3.37. The second-order valence-electron chi connectivity index (χ2n) is 7.52. The molecule has 0 N–H and O–H groups in total. The van der Waals surface area contributed by atoms with Crippen LogP contribution in [0.15, 0.2) is 64.1 Å². The molecule has 0 saturated carbocycles. The molecule has 0 fully saturated rings. The molecule has 1 unspecified atom stereocenters. The molecule has 0 saturated heterocycles. The Hall–Kier alpha value is -3.05. The number of fused-ring (bicyclic) bond motifs is 2. The number of methoxy groups -OCH3 is 4. The summed E-state index contributed by atoms with van der Waals surface area (Å²) >= 11 is 3.42. The van der Waals surface area contributed by atoms with E-state index in [2.05, 4.69) is 15.9 Å². The second kappa shape index (κ2) is 8.95. The summed E-state index contributed by atoms with van der Waals surface area (Å²) in [5, 5.41) is 0. The number of hydrogen-bond acceptors (Lipinski definition) is 8. The Balaban J connectivity index is 2.03. The van der Waals surface area contributed by atoms with Gasteiger partial charge in [0.1, 0.15) is 11.1 Å². The summed E-state index contributed by atoms with van der Waals surface area (Å²) in [6.45, 7) is 0.189. The van der Waals surface area contributed by atoms with Gasteiger partial charge in [-0.25, -0.2) is 9.59 Å². The summed E-state index contributed by atoms with van der Waals surface area (Å²) in [5.74, 6) is -4.74. The van der Waals surface area contributed by atoms with Crippen LogP contribution in [0.3, 0.4) is 0 Å². The van der Waals surface area contributed by atoms with Crippen molar-refractivity contribution in [3.63, 3.8) is 0 Å². The number of carbonyl (C=O) groups is 3. The molecule has 1 atom stereocenters. The van der Waals surface area contributed by atoms with E-state index in [1.807, 2.05) is 30.3 Å². The number of halogens is 1. The molecule has 2 aromatic carbocycles. The van der Waals surface area contributed by atoms with E-state index < -0.39 is 35.0 Å². The van der Waals surface area contributed by atoms with Crippen LogP contribution < -0.4 is 4.90 Å². The first kappa shape index (κ1) is 24.1. The summed E-state index contributed by atoms with van der Waals surface area (Å²) in [5.41, 5.74) is -1.21. The van der Waals surface area contributed by atoms with E-state index in [-0.39, 0.29) is 12.1 Å². The Morgan fingerprint density at radius 1 is 0.941 bits per heavy atom. The van der Waals surface area contributed by atoms with Crippen LogP contribution >= 0.6 is 15.9 Å². The first-order chi connectivity index (χ1) is 16.3. The Morgan fingerprint density at radius 3 is 2.15 bits per heavy atom. The van der Waals surface area contributed by atoms with Gasteiger partial charge in [-0.15, -0.1) is 0 Å². The predicted octanol–water partition coefficient (Wildman–Crippen LogP) is 2.81. The van der Waals surface area contributed by atoms with Crippen LogP contribution in [0.5, 0.6) is 0 Å². The highest BCUT2D eigenvalue weighted by atomic mass is 79.9. The van der Waals surface area contributed by atoms with E-state index in [1.54, 1.807) is 18.2 Å². The lowest BCUT2D eigenvalue weighted by atomic mass is 9.85. The molecule has 34 heavy (non-hydrogen) atoms. The topological polar surface area (TPSA) is 101 Å². The third-order valence-corrected chi connectivity index (χ3v) is 6.36. The van der Waals surface area contributed by atoms with Crippen LogP contribution in [0, 0.1) is 0 Å². The molecule has 0 aromatic heterocycles. The zero-order valence-electron chi connectivity index (χ0n) is 18.9. The molecular weight excluding hydrogens is 510 g/mol. The fourth-order valence-electron chi connectivity index (χ4n) is 4.38. The molecule has 10 heteroatoms. The smallest absolute Gasteiger partial charge is 0.342 e. The summed E-state index contributed by atoms with van der Waals surface area (Å²) in [4.78, 5) is 41.8. The Kier molecular flexibility index (Phi) is 6.34. The highest BCUT2D eigenvalue weighted by Crippen LogP contribution is 2.57. The second-order valence-corrected chi connectivity index (χ2v) is 8.43. The number of amides is 1. The molecule has 0 radical (unpaired) electrons. The van der Waals surface area contributed by atoms with Gasteiger partial charge in [-0.2, -0.15) is 0 Å². The molecule has 4 rings (SSSR count). The number of benzene rings is 2. The molecular formula is C24H22BrNO8. The molecule has 2 heterocycles. The lowest BCUT2D eigenvalue weighted by Gasteiger charge is -2.31. The van der Waals surface area contributed by atoms with Crippen molar-refractivity contribution in [2.24, 2.45) is 0 Å². The van der Waals surface area contributed by atoms with E-state index in [0.29, 0.717) is 15.7 Å². The van der Waals surface area contributed by atoms with Crippen molar-refractivity contribution >= 4 is 39.5 Å². The Morgan fingerprint density at radius 2 is 1.56 bits per heavy atom. The van der Waals surface area contributed by atoms with Gasteiger partial charge < -0.3 is 23.8 Å². The first-order valence-corrected chi connectivity index (χ1v) is 11.0. The van der Waals surface area contributed by atoms with Gasteiger partial charge in [0.2, 0.25) is 5.60 Å². The number of esters is 2. The third-order valence-electron chi connectivity index (χ3n) is 5.87. The molecule has 9 nitrogen and oxygen atoms in total. The summed E-state index contributed by atoms with van der Waals surface area (Å²) < 4.78 is 27.6. The van der Waals surface area contributed by atoms with Crippen LogP contribution in [0.25, 0.3) is 0 Å². The number of ether oxygens (including phenoxy) is 5. The normalized spacial score (nSPS) is 20.6. The van der Waals surface area contributed by atoms with E-state index >= 15 is 0 Å². The van der Waals surface area contributed by atoms with Gasteiger partial charge in [-0.1, -0.05) is 46.3 Å². The van der Waals surface area contributed by atoms with Crippen LogP contribution in [-0.2, 0) is 50.2 Å². The number of hydrogen-bond donors (Lipinski definition) is 0. The van der Waals surface area contributed by atoms with Crippen LogP contribution in [0.4, 0.5) is 5.69 Å². The lowest BCUT2D eigenvalue weighted by molar-refractivity contribution is -0.349. The lowest BCUT2D eigenvalue weighted by Crippen LogP contribution is -2.47. The summed E-state index contributed by atoms with van der Waals surface area (Å²) in [6.07, 6.45) is 0. The number of anilines is 1. The van der Waals surface area contributed by atoms with Crippen molar-refractivity contribution in [1.29, 1.82) is 0 Å². The van der Waals surface area contributed by atoms with Crippen LogP contribution in [0.1, 0.15) is 11.1 Å². The highest BCUT2D eigenvalue weighted by molar-refractivity contribution is 9.10. The van der Waals surface area contributed by atoms with Gasteiger partial charge in [0.05, 0.1) is 26.5 Å². The molecule has 0 aliphatic carbocycles. The largest absolute Gasteiger partial charge is 0.466 e. The van der Waals surface area contributed by atoms with Gasteiger partial charge >= 0.3 is 17.9 Å². The zero-order chi connectivity index (χ0) is 24.7. The van der Waals surface area contributed by atoms with Crippen molar-refractivity contribution < 1.29 is 38.1 Å². The minimum atomic E-state index is -2.20. The van der Waals surface area contributed by atoms with Crippen molar-refractivity contribution in [2.75, 3.05) is 33.3 Å². The maximum absolute atomic E-state index is 14.2. The number of rotatable bonds is 6. The number of carbonyl (C=O) groups excluding carboxylic acids is 3. The molecule has 2 aliphatic heterocycles. The Bertz CT molecular complexity index is 1190.